The molecule has 1 aliphatic rings. The number of epoxide rings is 1. The highest BCUT2D eigenvalue weighted by Crippen LogP contribution is 2.32. The summed E-state index contributed by atoms with van der Waals surface area (Å²) < 4.78 is 12.1. The fourth-order valence-electron chi connectivity index (χ4n) is 1.74. The van der Waals surface area contributed by atoms with Crippen molar-refractivity contribution >= 4 is 27.5 Å². The van der Waals surface area contributed by atoms with Crippen molar-refractivity contribution in [3.05, 3.63) is 33.3 Å². The largest absolute Gasteiger partial charge is 0.371 e. The van der Waals surface area contributed by atoms with Gasteiger partial charge in [-0.15, -0.1) is 0 Å². The first-order valence-electron chi connectivity index (χ1n) is 5.89. The highest BCUT2D eigenvalue weighted by atomic mass is 79.9. The Bertz CT molecular complexity index is 380. The van der Waals surface area contributed by atoms with E-state index in [0.717, 1.165) is 34.5 Å². The van der Waals surface area contributed by atoms with Crippen LogP contribution in [0.15, 0.2) is 22.7 Å². The summed E-state index contributed by atoms with van der Waals surface area (Å²) in [5.74, 6) is 0. The SMILES string of the molecule is CCC[C@@H](OC[C@H]1CO1)c1cc(Cl)ccc1Br. The second-order valence-electron chi connectivity index (χ2n) is 4.23. The number of halogens is 2. The van der Waals surface area contributed by atoms with Crippen LogP contribution < -0.4 is 0 Å². The number of rotatable bonds is 6. The summed E-state index contributed by atoms with van der Waals surface area (Å²) in [6.07, 6.45) is 2.46. The quantitative estimate of drug-likeness (QED) is 0.727. The van der Waals surface area contributed by atoms with Crippen LogP contribution in [0.4, 0.5) is 0 Å². The van der Waals surface area contributed by atoms with Gasteiger partial charge in [0.1, 0.15) is 6.10 Å². The molecule has 2 atom stereocenters. The van der Waals surface area contributed by atoms with Crippen LogP contribution >= 0.6 is 27.5 Å². The molecule has 17 heavy (non-hydrogen) atoms. The lowest BCUT2D eigenvalue weighted by atomic mass is 10.1. The first-order chi connectivity index (χ1) is 8.20. The minimum Gasteiger partial charge on any atom is -0.371 e. The molecule has 0 radical (unpaired) electrons. The maximum Gasteiger partial charge on any atom is 0.104 e. The Morgan fingerprint density at radius 2 is 2.35 bits per heavy atom. The second kappa shape index (κ2) is 6.19. The van der Waals surface area contributed by atoms with Crippen molar-refractivity contribution in [3.63, 3.8) is 0 Å². The minimum absolute atomic E-state index is 0.0947. The van der Waals surface area contributed by atoms with Gasteiger partial charge in [0, 0.05) is 9.50 Å². The highest BCUT2D eigenvalue weighted by molar-refractivity contribution is 9.10. The molecule has 0 aliphatic carbocycles. The van der Waals surface area contributed by atoms with E-state index in [1.54, 1.807) is 0 Å². The highest BCUT2D eigenvalue weighted by Gasteiger charge is 2.25. The van der Waals surface area contributed by atoms with Crippen LogP contribution in [0, 0.1) is 0 Å². The zero-order chi connectivity index (χ0) is 12.3. The van der Waals surface area contributed by atoms with Gasteiger partial charge in [0.25, 0.3) is 0 Å². The van der Waals surface area contributed by atoms with Gasteiger partial charge in [0.05, 0.1) is 19.3 Å². The lowest BCUT2D eigenvalue weighted by molar-refractivity contribution is 0.0354. The molecule has 0 amide bonds. The second-order valence-corrected chi connectivity index (χ2v) is 5.52. The standard InChI is InChI=1S/C13H16BrClO2/c1-2-3-13(17-8-10-7-16-10)11-6-9(15)4-5-12(11)14/h4-6,10,13H,2-3,7-8H2,1H3/t10-,13-/m1/s1. The number of benzene rings is 1. The number of hydrogen-bond acceptors (Lipinski definition) is 2. The number of hydrogen-bond donors (Lipinski definition) is 0. The summed E-state index contributed by atoms with van der Waals surface area (Å²) in [7, 11) is 0. The molecule has 0 N–H and O–H groups in total. The van der Waals surface area contributed by atoms with Gasteiger partial charge >= 0.3 is 0 Å². The van der Waals surface area contributed by atoms with Crippen molar-refractivity contribution in [2.75, 3.05) is 13.2 Å². The zero-order valence-electron chi connectivity index (χ0n) is 9.79. The van der Waals surface area contributed by atoms with Gasteiger partial charge in [-0.2, -0.15) is 0 Å². The molecule has 1 aliphatic heterocycles. The molecule has 4 heteroatoms. The Hall–Kier alpha value is -0.0900. The van der Waals surface area contributed by atoms with E-state index in [1.807, 2.05) is 18.2 Å². The summed E-state index contributed by atoms with van der Waals surface area (Å²) in [6, 6.07) is 5.82. The Balaban J connectivity index is 2.08. The lowest BCUT2D eigenvalue weighted by Gasteiger charge is -2.19. The van der Waals surface area contributed by atoms with E-state index in [9.17, 15) is 0 Å². The maximum atomic E-state index is 6.04. The summed E-state index contributed by atoms with van der Waals surface area (Å²) in [6.45, 7) is 3.65. The van der Waals surface area contributed by atoms with E-state index >= 15 is 0 Å². The fourth-order valence-corrected chi connectivity index (χ4v) is 2.42. The smallest absolute Gasteiger partial charge is 0.104 e. The third-order valence-electron chi connectivity index (χ3n) is 2.74. The fraction of sp³-hybridized carbons (Fsp3) is 0.538. The average molecular weight is 320 g/mol. The van der Waals surface area contributed by atoms with Crippen molar-refractivity contribution in [3.8, 4) is 0 Å². The topological polar surface area (TPSA) is 21.8 Å². The average Bonchev–Trinajstić information content (AvgIpc) is 3.12. The molecule has 1 aromatic rings. The van der Waals surface area contributed by atoms with E-state index in [1.165, 1.54) is 0 Å². The molecule has 0 saturated carbocycles. The third-order valence-corrected chi connectivity index (χ3v) is 3.70. The van der Waals surface area contributed by atoms with Crippen LogP contribution in [0.1, 0.15) is 31.4 Å². The van der Waals surface area contributed by atoms with E-state index < -0.39 is 0 Å². The molecule has 0 bridgehead atoms. The molecule has 1 fully saturated rings. The Kier molecular flexibility index (Phi) is 4.86. The van der Waals surface area contributed by atoms with Crippen LogP contribution in [0.2, 0.25) is 5.02 Å². The minimum atomic E-state index is 0.0947. The van der Waals surface area contributed by atoms with E-state index in [0.29, 0.717) is 12.7 Å². The van der Waals surface area contributed by atoms with Crippen LogP contribution in [0.5, 0.6) is 0 Å². The monoisotopic (exact) mass is 318 g/mol. The van der Waals surface area contributed by atoms with Crippen molar-refractivity contribution < 1.29 is 9.47 Å². The molecule has 0 unspecified atom stereocenters. The van der Waals surface area contributed by atoms with Crippen LogP contribution in [0.25, 0.3) is 0 Å². The van der Waals surface area contributed by atoms with Gasteiger partial charge in [0.15, 0.2) is 0 Å². The van der Waals surface area contributed by atoms with E-state index in [4.69, 9.17) is 21.1 Å². The zero-order valence-corrected chi connectivity index (χ0v) is 12.1. The molecule has 2 rings (SSSR count). The normalized spacial score (nSPS) is 20.3. The van der Waals surface area contributed by atoms with Crippen LogP contribution in [-0.2, 0) is 9.47 Å². The summed E-state index contributed by atoms with van der Waals surface area (Å²) in [5, 5.41) is 0.746. The Labute approximate surface area is 115 Å². The molecule has 0 spiro atoms. The number of ether oxygens (including phenoxy) is 2. The summed E-state index contributed by atoms with van der Waals surface area (Å²) in [4.78, 5) is 0. The molecule has 94 valence electrons. The van der Waals surface area contributed by atoms with Crippen molar-refractivity contribution in [2.24, 2.45) is 0 Å². The summed E-state index contributed by atoms with van der Waals surface area (Å²) >= 11 is 9.59. The Morgan fingerprint density at radius 3 is 3.00 bits per heavy atom. The molecule has 2 nitrogen and oxygen atoms in total. The molecule has 1 heterocycles. The van der Waals surface area contributed by atoms with E-state index in [2.05, 4.69) is 22.9 Å². The van der Waals surface area contributed by atoms with Crippen molar-refractivity contribution in [1.29, 1.82) is 0 Å². The van der Waals surface area contributed by atoms with Gasteiger partial charge in [0.2, 0.25) is 0 Å². The van der Waals surface area contributed by atoms with Crippen LogP contribution in [0.3, 0.4) is 0 Å². The maximum absolute atomic E-state index is 6.04. The lowest BCUT2D eigenvalue weighted by Crippen LogP contribution is -2.09. The third kappa shape index (κ3) is 3.95. The van der Waals surface area contributed by atoms with Gasteiger partial charge in [-0.1, -0.05) is 40.9 Å². The van der Waals surface area contributed by atoms with Gasteiger partial charge in [-0.3, -0.25) is 0 Å². The molecular formula is C13H16BrClO2. The first-order valence-corrected chi connectivity index (χ1v) is 7.06. The summed E-state index contributed by atoms with van der Waals surface area (Å²) in [5.41, 5.74) is 1.13. The van der Waals surface area contributed by atoms with Crippen LogP contribution in [-0.4, -0.2) is 19.3 Å². The molecule has 1 aromatic carbocycles. The van der Waals surface area contributed by atoms with Crippen molar-refractivity contribution in [2.45, 2.75) is 32.0 Å². The molecular weight excluding hydrogens is 303 g/mol. The predicted octanol–water partition coefficient (Wildman–Crippen LogP) is 4.36. The first kappa shape index (κ1) is 13.3. The van der Waals surface area contributed by atoms with Gasteiger partial charge in [-0.25, -0.2) is 0 Å². The predicted molar refractivity (Wildman–Crippen MR) is 72.5 cm³/mol. The van der Waals surface area contributed by atoms with Crippen molar-refractivity contribution in [1.82, 2.24) is 0 Å². The molecule has 0 aromatic heterocycles. The van der Waals surface area contributed by atoms with Gasteiger partial charge < -0.3 is 9.47 Å². The Morgan fingerprint density at radius 1 is 1.59 bits per heavy atom. The molecule has 1 saturated heterocycles. The van der Waals surface area contributed by atoms with E-state index in [-0.39, 0.29) is 6.10 Å². The van der Waals surface area contributed by atoms with Gasteiger partial charge in [-0.05, 0) is 30.2 Å².